The Morgan fingerprint density at radius 2 is 1.69 bits per heavy atom. The Balaban J connectivity index is 1.63. The number of nitrogens with zero attached hydrogens (tertiary/aromatic N) is 3. The number of ether oxygens (including phenoxy) is 1. The summed E-state index contributed by atoms with van der Waals surface area (Å²) < 4.78 is 8.21. The summed E-state index contributed by atoms with van der Waals surface area (Å²) in [6.45, 7) is 10.6. The van der Waals surface area contributed by atoms with Gasteiger partial charge in [-0.1, -0.05) is 18.2 Å². The van der Waals surface area contributed by atoms with E-state index >= 15 is 0 Å². The first-order chi connectivity index (χ1) is 17.3. The van der Waals surface area contributed by atoms with E-state index < -0.39 is 0 Å². The van der Waals surface area contributed by atoms with E-state index in [0.717, 1.165) is 17.1 Å². The van der Waals surface area contributed by atoms with Crippen LogP contribution in [0.1, 0.15) is 54.1 Å². The van der Waals surface area contributed by atoms with Crippen molar-refractivity contribution in [1.29, 1.82) is 0 Å². The van der Waals surface area contributed by atoms with Crippen molar-refractivity contribution in [2.45, 2.75) is 52.8 Å². The van der Waals surface area contributed by atoms with Crippen molar-refractivity contribution in [1.82, 2.24) is 14.9 Å². The van der Waals surface area contributed by atoms with Crippen LogP contribution in [0.25, 0.3) is 5.69 Å². The zero-order valence-electron chi connectivity index (χ0n) is 21.4. The molecule has 1 saturated heterocycles. The highest BCUT2D eigenvalue weighted by atomic mass is 32.1. The molecular formula is C30H32N4OS. The minimum atomic E-state index is -0.0863. The molecule has 4 aromatic rings. The highest BCUT2D eigenvalue weighted by molar-refractivity contribution is 7.80. The second-order valence-electron chi connectivity index (χ2n) is 9.66. The first kappa shape index (κ1) is 24.1. The summed E-state index contributed by atoms with van der Waals surface area (Å²) >= 11 is 5.92. The van der Waals surface area contributed by atoms with E-state index in [2.05, 4.69) is 84.1 Å². The predicted octanol–water partition coefficient (Wildman–Crippen LogP) is 6.76. The maximum absolute atomic E-state index is 5.92. The molecule has 6 heteroatoms. The van der Waals surface area contributed by atoms with E-state index in [1.807, 2.05) is 44.3 Å². The third-order valence-electron chi connectivity index (χ3n) is 6.63. The minimum Gasteiger partial charge on any atom is -0.491 e. The lowest BCUT2D eigenvalue weighted by Crippen LogP contribution is -2.29. The molecule has 0 saturated carbocycles. The fourth-order valence-electron chi connectivity index (χ4n) is 5.16. The van der Waals surface area contributed by atoms with Crippen LogP contribution in [0, 0.1) is 20.8 Å². The van der Waals surface area contributed by atoms with Crippen LogP contribution in [0.2, 0.25) is 0 Å². The van der Waals surface area contributed by atoms with Gasteiger partial charge in [0.25, 0.3) is 0 Å². The molecule has 2 atom stereocenters. The maximum Gasteiger partial charge on any atom is 0.174 e. The molecule has 184 valence electrons. The van der Waals surface area contributed by atoms with Crippen molar-refractivity contribution in [2.75, 3.05) is 4.90 Å². The van der Waals surface area contributed by atoms with Gasteiger partial charge < -0.3 is 19.5 Å². The molecule has 36 heavy (non-hydrogen) atoms. The number of aryl methyl sites for hydroxylation is 2. The monoisotopic (exact) mass is 496 g/mol. The molecule has 1 aliphatic heterocycles. The topological polar surface area (TPSA) is 42.3 Å². The van der Waals surface area contributed by atoms with Crippen LogP contribution in [0.15, 0.2) is 79.0 Å². The number of hydrogen-bond donors (Lipinski definition) is 1. The lowest BCUT2D eigenvalue weighted by molar-refractivity contribution is 0.242. The summed E-state index contributed by atoms with van der Waals surface area (Å²) in [6.07, 6.45) is 1.96. The number of nitrogens with one attached hydrogen (secondary N) is 1. The number of aromatic nitrogens is 2. The molecule has 1 N–H and O–H groups in total. The summed E-state index contributed by atoms with van der Waals surface area (Å²) in [5.74, 6) is 0.849. The van der Waals surface area contributed by atoms with Crippen LogP contribution < -0.4 is 15.0 Å². The van der Waals surface area contributed by atoms with E-state index in [1.54, 1.807) is 0 Å². The van der Waals surface area contributed by atoms with Crippen molar-refractivity contribution >= 4 is 23.0 Å². The largest absolute Gasteiger partial charge is 0.491 e. The average Bonchev–Trinajstić information content (AvgIpc) is 3.35. The fourth-order valence-corrected chi connectivity index (χ4v) is 5.50. The van der Waals surface area contributed by atoms with Crippen LogP contribution in [-0.2, 0) is 0 Å². The highest BCUT2D eigenvalue weighted by Gasteiger charge is 2.42. The van der Waals surface area contributed by atoms with Gasteiger partial charge in [-0.15, -0.1) is 0 Å². The summed E-state index contributed by atoms with van der Waals surface area (Å²) in [4.78, 5) is 6.92. The van der Waals surface area contributed by atoms with E-state index in [1.165, 1.54) is 28.2 Å². The average molecular weight is 497 g/mol. The lowest BCUT2D eigenvalue weighted by atomic mass is 9.96. The number of pyridine rings is 1. The maximum atomic E-state index is 5.92. The molecule has 3 heterocycles. The van der Waals surface area contributed by atoms with Crippen LogP contribution in [-0.4, -0.2) is 20.8 Å². The minimum absolute atomic E-state index is 0.0611. The van der Waals surface area contributed by atoms with Gasteiger partial charge in [-0.25, -0.2) is 0 Å². The van der Waals surface area contributed by atoms with E-state index in [-0.39, 0.29) is 18.2 Å². The molecule has 0 unspecified atom stereocenters. The van der Waals surface area contributed by atoms with Gasteiger partial charge in [-0.3, -0.25) is 4.98 Å². The second-order valence-corrected chi connectivity index (χ2v) is 10.0. The SMILES string of the molecule is Cc1cccc(-n2c(C)cc([C@H]3[C@@H](c4ccccn4)NC(=S)N3c3ccc(OC(C)C)cc3)c2C)c1. The van der Waals surface area contributed by atoms with Gasteiger partial charge in [0.05, 0.1) is 23.9 Å². The van der Waals surface area contributed by atoms with E-state index in [4.69, 9.17) is 21.9 Å². The fraction of sp³-hybridized carbons (Fsp3) is 0.267. The van der Waals surface area contributed by atoms with Crippen molar-refractivity contribution in [3.8, 4) is 11.4 Å². The first-order valence-corrected chi connectivity index (χ1v) is 12.8. The van der Waals surface area contributed by atoms with Gasteiger partial charge in [-0.2, -0.15) is 0 Å². The molecule has 0 radical (unpaired) electrons. The van der Waals surface area contributed by atoms with E-state index in [9.17, 15) is 0 Å². The Bertz CT molecular complexity index is 1380. The van der Waals surface area contributed by atoms with Crippen molar-refractivity contribution in [3.63, 3.8) is 0 Å². The van der Waals surface area contributed by atoms with Gasteiger partial charge >= 0.3 is 0 Å². The summed E-state index contributed by atoms with van der Waals surface area (Å²) in [5, 5.41) is 4.26. The molecule has 5 nitrogen and oxygen atoms in total. The Kier molecular flexibility index (Phi) is 6.54. The molecule has 0 spiro atoms. The number of anilines is 1. The number of thiocarbonyl (C=S) groups is 1. The Hall–Kier alpha value is -3.64. The van der Waals surface area contributed by atoms with Gasteiger partial charge in [0.1, 0.15) is 5.75 Å². The number of rotatable bonds is 6. The van der Waals surface area contributed by atoms with Crippen LogP contribution in [0.5, 0.6) is 5.75 Å². The van der Waals surface area contributed by atoms with Gasteiger partial charge in [0.2, 0.25) is 0 Å². The molecule has 1 aliphatic rings. The van der Waals surface area contributed by atoms with Gasteiger partial charge in [-0.05, 0) is 113 Å². The van der Waals surface area contributed by atoms with Gasteiger partial charge in [0, 0.05) is 29.0 Å². The Labute approximate surface area is 218 Å². The van der Waals surface area contributed by atoms with E-state index in [0.29, 0.717) is 5.11 Å². The molecule has 0 aliphatic carbocycles. The van der Waals surface area contributed by atoms with Crippen LogP contribution in [0.3, 0.4) is 0 Å². The summed E-state index contributed by atoms with van der Waals surface area (Å²) in [6, 6.07) is 25.0. The molecule has 2 aromatic heterocycles. The van der Waals surface area contributed by atoms with Crippen molar-refractivity contribution in [3.05, 3.63) is 107 Å². The Morgan fingerprint density at radius 3 is 2.36 bits per heavy atom. The zero-order chi connectivity index (χ0) is 25.4. The number of benzene rings is 2. The molecule has 0 bridgehead atoms. The quantitative estimate of drug-likeness (QED) is 0.299. The molecule has 1 fully saturated rings. The zero-order valence-corrected chi connectivity index (χ0v) is 22.2. The highest BCUT2D eigenvalue weighted by Crippen LogP contribution is 2.44. The third-order valence-corrected chi connectivity index (χ3v) is 6.95. The summed E-state index contributed by atoms with van der Waals surface area (Å²) in [7, 11) is 0. The predicted molar refractivity (Wildman–Crippen MR) is 150 cm³/mol. The summed E-state index contributed by atoms with van der Waals surface area (Å²) in [5.41, 5.74) is 7.99. The second kappa shape index (κ2) is 9.78. The van der Waals surface area contributed by atoms with Crippen molar-refractivity contribution < 1.29 is 4.74 Å². The standard InChI is InChI=1S/C30H32N4OS/c1-19(2)35-25-14-12-23(13-15-25)34-29(28(32-30(34)36)27-11-6-7-16-31-27)26-18-21(4)33(22(26)5)24-10-8-9-20(3)17-24/h6-19,28-29H,1-5H3,(H,32,36)/t28-,29+/m1/s1. The molecular weight excluding hydrogens is 464 g/mol. The lowest BCUT2D eigenvalue weighted by Gasteiger charge is -2.28. The normalized spacial score (nSPS) is 17.5. The molecule has 0 amide bonds. The van der Waals surface area contributed by atoms with Crippen molar-refractivity contribution in [2.24, 2.45) is 0 Å². The molecule has 2 aromatic carbocycles. The number of hydrogen-bond acceptors (Lipinski definition) is 3. The first-order valence-electron chi connectivity index (χ1n) is 12.4. The van der Waals surface area contributed by atoms with Crippen LogP contribution >= 0.6 is 12.2 Å². The van der Waals surface area contributed by atoms with Gasteiger partial charge in [0.15, 0.2) is 5.11 Å². The molecule has 5 rings (SSSR count). The third kappa shape index (κ3) is 4.49. The Morgan fingerprint density at radius 1 is 0.917 bits per heavy atom. The smallest absolute Gasteiger partial charge is 0.174 e. The van der Waals surface area contributed by atoms with Crippen LogP contribution in [0.4, 0.5) is 5.69 Å².